The molecule has 33 heavy (non-hydrogen) atoms. The molecule has 2 aliphatic rings. The maximum absolute atomic E-state index is 12.8. The van der Waals surface area contributed by atoms with Crippen LogP contribution in [0.1, 0.15) is 20.7 Å². The molecule has 0 bridgehead atoms. The molecule has 11 nitrogen and oxygen atoms in total. The molecule has 2 aromatic carbocycles. The number of amides is 3. The molecule has 5 rings (SSSR count). The van der Waals surface area contributed by atoms with Crippen molar-refractivity contribution < 1.29 is 19.3 Å². The normalized spacial score (nSPS) is 15.8. The van der Waals surface area contributed by atoms with E-state index in [0.717, 1.165) is 27.8 Å². The molecular weight excluding hydrogens is 428 g/mol. The minimum Gasteiger partial charge on any atom is -0.352 e. The number of para-hydroxylation sites is 2. The third-order valence-corrected chi connectivity index (χ3v) is 5.85. The molecule has 1 saturated heterocycles. The van der Waals surface area contributed by atoms with Crippen LogP contribution in [0, 0.1) is 10.1 Å². The second kappa shape index (κ2) is 7.93. The number of hydrogen-bond acceptors (Lipinski definition) is 8. The first-order valence-corrected chi connectivity index (χ1v) is 10.3. The number of carbonyl (C=O) groups excluding carboxylic acids is 3. The van der Waals surface area contributed by atoms with Crippen LogP contribution in [0.15, 0.2) is 48.7 Å². The first-order chi connectivity index (χ1) is 15.9. The molecule has 0 radical (unpaired) electrons. The summed E-state index contributed by atoms with van der Waals surface area (Å²) in [5.74, 6) is -0.952. The van der Waals surface area contributed by atoms with Crippen molar-refractivity contribution in [1.82, 2.24) is 19.8 Å². The average Bonchev–Trinajstić information content (AvgIpc) is 3.08. The number of nitro benzene ring substituents is 1. The van der Waals surface area contributed by atoms with E-state index >= 15 is 0 Å². The number of hydrogen-bond donors (Lipinski definition) is 0. The third-order valence-electron chi connectivity index (χ3n) is 5.85. The molecule has 0 aliphatic carbocycles. The number of non-ortho nitro benzene ring substituents is 1. The predicted molar refractivity (Wildman–Crippen MR) is 117 cm³/mol. The summed E-state index contributed by atoms with van der Waals surface area (Å²) in [5.41, 5.74) is 1.33. The van der Waals surface area contributed by atoms with E-state index < -0.39 is 23.3 Å². The van der Waals surface area contributed by atoms with Crippen LogP contribution in [0.2, 0.25) is 0 Å². The number of rotatable bonds is 4. The van der Waals surface area contributed by atoms with Crippen LogP contribution in [-0.4, -0.2) is 75.1 Å². The van der Waals surface area contributed by atoms with Gasteiger partial charge < -0.3 is 9.80 Å². The summed E-state index contributed by atoms with van der Waals surface area (Å²) >= 11 is 0. The fourth-order valence-corrected chi connectivity index (χ4v) is 4.06. The number of aromatic nitrogens is 2. The number of nitrogens with zero attached hydrogens (tertiary/aromatic N) is 6. The van der Waals surface area contributed by atoms with Crippen molar-refractivity contribution >= 4 is 40.3 Å². The highest BCUT2D eigenvalue weighted by Crippen LogP contribution is 2.27. The third kappa shape index (κ3) is 3.63. The lowest BCUT2D eigenvalue weighted by molar-refractivity contribution is -0.384. The Kier molecular flexibility index (Phi) is 4.93. The minimum atomic E-state index is -0.697. The fraction of sp³-hybridized carbons (Fsp3) is 0.227. The summed E-state index contributed by atoms with van der Waals surface area (Å²) in [6, 6.07) is 11.1. The van der Waals surface area contributed by atoms with E-state index in [-0.39, 0.29) is 22.7 Å². The number of anilines is 1. The maximum Gasteiger partial charge on any atom is 0.270 e. The van der Waals surface area contributed by atoms with E-state index in [1.807, 2.05) is 29.2 Å². The standard InChI is InChI=1S/C22H18N6O5/c29-20(13-27-21(30)15-6-5-14(28(32)33)11-16(15)22(27)31)26-9-7-25(8-10-26)19-12-23-17-3-1-2-4-18(17)24-19/h1-6,11-12H,7-10,13H2. The van der Waals surface area contributed by atoms with Crippen molar-refractivity contribution in [3.05, 3.63) is 69.9 Å². The van der Waals surface area contributed by atoms with Crippen LogP contribution >= 0.6 is 0 Å². The molecule has 1 fully saturated rings. The molecule has 0 N–H and O–H groups in total. The van der Waals surface area contributed by atoms with Gasteiger partial charge in [0.15, 0.2) is 0 Å². The topological polar surface area (TPSA) is 130 Å². The van der Waals surface area contributed by atoms with Crippen LogP contribution in [0.25, 0.3) is 11.0 Å². The van der Waals surface area contributed by atoms with Gasteiger partial charge in [0.1, 0.15) is 12.4 Å². The van der Waals surface area contributed by atoms with Gasteiger partial charge in [0, 0.05) is 38.3 Å². The number of imide groups is 1. The van der Waals surface area contributed by atoms with Gasteiger partial charge in [0.2, 0.25) is 5.91 Å². The zero-order valence-electron chi connectivity index (χ0n) is 17.4. The number of nitro groups is 1. The molecule has 3 amide bonds. The summed E-state index contributed by atoms with van der Waals surface area (Å²) in [7, 11) is 0. The summed E-state index contributed by atoms with van der Waals surface area (Å²) in [6.45, 7) is 1.47. The number of benzene rings is 2. The lowest BCUT2D eigenvalue weighted by atomic mass is 10.1. The Morgan fingerprint density at radius 3 is 2.39 bits per heavy atom. The zero-order chi connectivity index (χ0) is 23.1. The van der Waals surface area contributed by atoms with Crippen molar-refractivity contribution in [1.29, 1.82) is 0 Å². The Labute approximate surface area is 187 Å². The first-order valence-electron chi connectivity index (χ1n) is 10.3. The van der Waals surface area contributed by atoms with E-state index in [1.165, 1.54) is 12.1 Å². The van der Waals surface area contributed by atoms with Gasteiger partial charge in [-0.3, -0.25) is 34.4 Å². The van der Waals surface area contributed by atoms with Gasteiger partial charge in [0.25, 0.3) is 17.5 Å². The van der Waals surface area contributed by atoms with Gasteiger partial charge in [-0.05, 0) is 18.2 Å². The summed E-state index contributed by atoms with van der Waals surface area (Å²) in [6.07, 6.45) is 1.71. The van der Waals surface area contributed by atoms with Gasteiger partial charge >= 0.3 is 0 Å². The van der Waals surface area contributed by atoms with Crippen molar-refractivity contribution in [2.24, 2.45) is 0 Å². The van der Waals surface area contributed by atoms with E-state index in [9.17, 15) is 24.5 Å². The molecular formula is C22H18N6O5. The summed E-state index contributed by atoms with van der Waals surface area (Å²) < 4.78 is 0. The quantitative estimate of drug-likeness (QED) is 0.335. The molecule has 0 saturated carbocycles. The SMILES string of the molecule is O=C(CN1C(=O)c2ccc([N+](=O)[O-])cc2C1=O)N1CCN(c2cnc3ccccc3n2)CC1. The number of carbonyl (C=O) groups is 3. The molecule has 3 heterocycles. The van der Waals surface area contributed by atoms with Crippen molar-refractivity contribution in [2.75, 3.05) is 37.6 Å². The second-order valence-electron chi connectivity index (χ2n) is 7.77. The van der Waals surface area contributed by atoms with Crippen molar-refractivity contribution in [3.63, 3.8) is 0 Å². The highest BCUT2D eigenvalue weighted by molar-refractivity contribution is 6.22. The second-order valence-corrected chi connectivity index (χ2v) is 7.77. The smallest absolute Gasteiger partial charge is 0.270 e. The molecule has 11 heteroatoms. The summed E-state index contributed by atoms with van der Waals surface area (Å²) in [5, 5.41) is 11.0. The van der Waals surface area contributed by atoms with E-state index in [0.29, 0.717) is 26.2 Å². The average molecular weight is 446 g/mol. The predicted octanol–water partition coefficient (Wildman–Crippen LogP) is 1.48. The first kappa shape index (κ1) is 20.5. The number of fused-ring (bicyclic) bond motifs is 2. The van der Waals surface area contributed by atoms with Gasteiger partial charge in [-0.1, -0.05) is 12.1 Å². The monoisotopic (exact) mass is 446 g/mol. The molecule has 0 atom stereocenters. The Balaban J connectivity index is 1.23. The lowest BCUT2D eigenvalue weighted by Crippen LogP contribution is -2.52. The molecule has 1 aromatic heterocycles. The van der Waals surface area contributed by atoms with Crippen LogP contribution in [0.5, 0.6) is 0 Å². The zero-order valence-corrected chi connectivity index (χ0v) is 17.4. The van der Waals surface area contributed by atoms with E-state index in [2.05, 4.69) is 9.97 Å². The van der Waals surface area contributed by atoms with Crippen LogP contribution in [0.4, 0.5) is 11.5 Å². The van der Waals surface area contributed by atoms with Crippen LogP contribution in [-0.2, 0) is 4.79 Å². The van der Waals surface area contributed by atoms with Crippen molar-refractivity contribution in [2.45, 2.75) is 0 Å². The van der Waals surface area contributed by atoms with Gasteiger partial charge in [-0.15, -0.1) is 0 Å². The fourth-order valence-electron chi connectivity index (χ4n) is 4.06. The van der Waals surface area contributed by atoms with E-state index in [1.54, 1.807) is 11.1 Å². The Hall–Kier alpha value is -4.41. The van der Waals surface area contributed by atoms with E-state index in [4.69, 9.17) is 0 Å². The number of piperazine rings is 1. The Morgan fingerprint density at radius 1 is 0.970 bits per heavy atom. The van der Waals surface area contributed by atoms with Crippen LogP contribution in [0.3, 0.4) is 0 Å². The highest BCUT2D eigenvalue weighted by atomic mass is 16.6. The Bertz CT molecular complexity index is 1320. The van der Waals surface area contributed by atoms with Gasteiger partial charge in [0.05, 0.1) is 33.3 Å². The molecule has 0 unspecified atom stereocenters. The highest BCUT2D eigenvalue weighted by Gasteiger charge is 2.38. The molecule has 0 spiro atoms. The largest absolute Gasteiger partial charge is 0.352 e. The molecule has 3 aromatic rings. The van der Waals surface area contributed by atoms with Gasteiger partial charge in [-0.25, -0.2) is 4.98 Å². The molecule has 166 valence electrons. The van der Waals surface area contributed by atoms with Gasteiger partial charge in [-0.2, -0.15) is 0 Å². The summed E-state index contributed by atoms with van der Waals surface area (Å²) in [4.78, 5) is 61.9. The Morgan fingerprint density at radius 2 is 1.67 bits per heavy atom. The van der Waals surface area contributed by atoms with Crippen LogP contribution < -0.4 is 4.90 Å². The minimum absolute atomic E-state index is 0.0540. The molecule has 2 aliphatic heterocycles. The van der Waals surface area contributed by atoms with Crippen molar-refractivity contribution in [3.8, 4) is 0 Å². The maximum atomic E-state index is 12.8. The lowest BCUT2D eigenvalue weighted by Gasteiger charge is -2.35.